The molecule has 1 saturated heterocycles. The first-order valence-corrected chi connectivity index (χ1v) is 10.2. The minimum absolute atomic E-state index is 0.181. The number of carbonyl (C=O) groups excluding carboxylic acids is 4. The van der Waals surface area contributed by atoms with Crippen molar-refractivity contribution in [1.29, 1.82) is 0 Å². The Hall–Kier alpha value is -2.34. The Morgan fingerprint density at radius 2 is 1.89 bits per heavy atom. The van der Waals surface area contributed by atoms with Crippen molar-refractivity contribution >= 4 is 41.4 Å². The van der Waals surface area contributed by atoms with Gasteiger partial charge in [-0.1, -0.05) is 0 Å². The van der Waals surface area contributed by atoms with E-state index in [1.807, 2.05) is 0 Å². The zero-order valence-corrected chi connectivity index (χ0v) is 16.5. The van der Waals surface area contributed by atoms with Crippen LogP contribution in [-0.2, 0) is 24.0 Å². The fourth-order valence-corrected chi connectivity index (χ4v) is 3.37. The zero-order chi connectivity index (χ0) is 21.3. The summed E-state index contributed by atoms with van der Waals surface area (Å²) in [6.45, 7) is 0.126. The molecule has 0 aromatic carbocycles. The number of nitrogens with zero attached hydrogens (tertiary/aromatic N) is 1. The second kappa shape index (κ2) is 11.5. The van der Waals surface area contributed by atoms with Crippen LogP contribution in [0.15, 0.2) is 0 Å². The predicted molar refractivity (Wildman–Crippen MR) is 102 cm³/mol. The molecule has 3 atom stereocenters. The number of rotatable bonds is 11. The lowest BCUT2D eigenvalue weighted by atomic mass is 10.1. The molecule has 1 aliphatic rings. The summed E-state index contributed by atoms with van der Waals surface area (Å²) < 4.78 is 0. The van der Waals surface area contributed by atoms with Crippen molar-refractivity contribution < 1.29 is 29.1 Å². The molecule has 12 heteroatoms. The Kier molecular flexibility index (Phi) is 9.73. The molecule has 1 rings (SSSR count). The molecule has 1 aliphatic heterocycles. The summed E-state index contributed by atoms with van der Waals surface area (Å²) in [4.78, 5) is 60.8. The highest BCUT2D eigenvalue weighted by Gasteiger charge is 2.36. The average Bonchev–Trinajstić information content (AvgIpc) is 3.12. The molecule has 0 aromatic heterocycles. The molecule has 0 spiro atoms. The van der Waals surface area contributed by atoms with Gasteiger partial charge in [0.25, 0.3) is 0 Å². The van der Waals surface area contributed by atoms with Crippen molar-refractivity contribution in [2.75, 3.05) is 25.1 Å². The molecule has 0 radical (unpaired) electrons. The molecule has 28 heavy (non-hydrogen) atoms. The van der Waals surface area contributed by atoms with Gasteiger partial charge in [0.1, 0.15) is 18.1 Å². The molecule has 0 bridgehead atoms. The predicted octanol–water partition coefficient (Wildman–Crippen LogP) is -2.38. The Morgan fingerprint density at radius 1 is 1.21 bits per heavy atom. The van der Waals surface area contributed by atoms with Crippen LogP contribution in [0, 0.1) is 0 Å². The van der Waals surface area contributed by atoms with Crippen LogP contribution in [0.25, 0.3) is 0 Å². The summed E-state index contributed by atoms with van der Waals surface area (Å²) in [6, 6.07) is -3.29. The molecule has 1 fully saturated rings. The number of carbonyl (C=O) groups is 5. The average molecular weight is 417 g/mol. The van der Waals surface area contributed by atoms with E-state index in [9.17, 15) is 29.1 Å². The third-order valence-corrected chi connectivity index (χ3v) is 4.96. The Morgan fingerprint density at radius 3 is 2.43 bits per heavy atom. The molecule has 11 nitrogen and oxygen atoms in total. The monoisotopic (exact) mass is 417 g/mol. The van der Waals surface area contributed by atoms with E-state index in [2.05, 4.69) is 10.6 Å². The number of nitrogens with two attached hydrogens (primary N) is 2. The van der Waals surface area contributed by atoms with Crippen LogP contribution in [-0.4, -0.2) is 82.8 Å². The Labute approximate surface area is 166 Å². The third-order valence-electron chi connectivity index (χ3n) is 4.31. The Balaban J connectivity index is 2.84. The molecule has 158 valence electrons. The van der Waals surface area contributed by atoms with Crippen LogP contribution in [0.5, 0.6) is 0 Å². The van der Waals surface area contributed by atoms with E-state index in [0.29, 0.717) is 25.1 Å². The van der Waals surface area contributed by atoms with Gasteiger partial charge in [0, 0.05) is 6.54 Å². The van der Waals surface area contributed by atoms with Gasteiger partial charge in [-0.25, -0.2) is 4.79 Å². The highest BCUT2D eigenvalue weighted by atomic mass is 32.2. The van der Waals surface area contributed by atoms with Gasteiger partial charge in [0.2, 0.25) is 23.6 Å². The van der Waals surface area contributed by atoms with E-state index >= 15 is 0 Å². The minimum Gasteiger partial charge on any atom is -0.480 e. The highest BCUT2D eigenvalue weighted by Crippen LogP contribution is 2.17. The van der Waals surface area contributed by atoms with Crippen LogP contribution in [0.4, 0.5) is 0 Å². The SMILES string of the molecule is CSCCC(NC(=O)C(CC(N)=O)NC(=O)C1CCCN1C(=O)CN)C(=O)O. The summed E-state index contributed by atoms with van der Waals surface area (Å²) in [5.41, 5.74) is 10.5. The maximum atomic E-state index is 12.6. The van der Waals surface area contributed by atoms with Crippen LogP contribution < -0.4 is 22.1 Å². The number of nitrogens with one attached hydrogen (secondary N) is 2. The summed E-state index contributed by atoms with van der Waals surface area (Å²) in [5.74, 6) is -3.38. The van der Waals surface area contributed by atoms with Crippen molar-refractivity contribution in [3.05, 3.63) is 0 Å². The van der Waals surface area contributed by atoms with Crippen molar-refractivity contribution in [1.82, 2.24) is 15.5 Å². The van der Waals surface area contributed by atoms with Gasteiger partial charge in [-0.15, -0.1) is 0 Å². The number of aliphatic carboxylic acids is 1. The number of hydrogen-bond acceptors (Lipinski definition) is 7. The number of amides is 4. The van der Waals surface area contributed by atoms with Crippen LogP contribution >= 0.6 is 11.8 Å². The smallest absolute Gasteiger partial charge is 0.326 e. The number of hydrogen-bond donors (Lipinski definition) is 5. The summed E-state index contributed by atoms with van der Waals surface area (Å²) in [7, 11) is 0. The molecule has 0 aliphatic carbocycles. The van der Waals surface area contributed by atoms with Crippen LogP contribution in [0.3, 0.4) is 0 Å². The second-order valence-electron chi connectivity index (χ2n) is 6.36. The lowest BCUT2D eigenvalue weighted by Gasteiger charge is -2.26. The van der Waals surface area contributed by atoms with Crippen molar-refractivity contribution in [2.45, 2.75) is 43.8 Å². The number of likely N-dealkylation sites (tertiary alicyclic amines) is 1. The van der Waals surface area contributed by atoms with Gasteiger partial charge in [-0.05, 0) is 31.3 Å². The standard InChI is InChI=1S/C16H27N5O6S/c1-28-6-4-9(16(26)27)19-14(24)10(7-12(18)22)20-15(25)11-3-2-5-21(11)13(23)8-17/h9-11H,2-8,17H2,1H3,(H2,18,22)(H,19,24)(H,20,25)(H,26,27). The van der Waals surface area contributed by atoms with E-state index in [0.717, 1.165) is 0 Å². The van der Waals surface area contributed by atoms with Crippen molar-refractivity contribution in [2.24, 2.45) is 11.5 Å². The van der Waals surface area contributed by atoms with E-state index in [1.54, 1.807) is 6.26 Å². The molecule has 0 aromatic rings. The first kappa shape index (κ1) is 23.7. The van der Waals surface area contributed by atoms with Gasteiger partial charge in [-0.3, -0.25) is 19.2 Å². The Bertz CT molecular complexity index is 616. The quantitative estimate of drug-likeness (QED) is 0.246. The fourth-order valence-electron chi connectivity index (χ4n) is 2.90. The van der Waals surface area contributed by atoms with Crippen LogP contribution in [0.2, 0.25) is 0 Å². The maximum absolute atomic E-state index is 12.6. The van der Waals surface area contributed by atoms with Gasteiger partial charge in [-0.2, -0.15) is 11.8 Å². The minimum atomic E-state index is -1.34. The zero-order valence-electron chi connectivity index (χ0n) is 15.7. The van der Waals surface area contributed by atoms with Crippen LogP contribution in [0.1, 0.15) is 25.7 Å². The second-order valence-corrected chi connectivity index (χ2v) is 7.35. The molecule has 1 heterocycles. The fraction of sp³-hybridized carbons (Fsp3) is 0.688. The summed E-state index contributed by atoms with van der Waals surface area (Å²) in [5, 5.41) is 14.0. The van der Waals surface area contributed by atoms with Crippen molar-refractivity contribution in [3.8, 4) is 0 Å². The number of thioether (sulfide) groups is 1. The van der Waals surface area contributed by atoms with E-state index in [-0.39, 0.29) is 13.0 Å². The van der Waals surface area contributed by atoms with E-state index in [1.165, 1.54) is 16.7 Å². The number of primary amides is 1. The summed E-state index contributed by atoms with van der Waals surface area (Å²) >= 11 is 1.42. The molecule has 4 amide bonds. The third kappa shape index (κ3) is 7.00. The van der Waals surface area contributed by atoms with Gasteiger partial charge >= 0.3 is 5.97 Å². The highest BCUT2D eigenvalue weighted by molar-refractivity contribution is 7.98. The summed E-state index contributed by atoms with van der Waals surface area (Å²) in [6.07, 6.45) is 2.48. The lowest BCUT2D eigenvalue weighted by molar-refractivity contribution is -0.143. The lowest BCUT2D eigenvalue weighted by Crippen LogP contribution is -2.56. The molecule has 7 N–H and O–H groups in total. The topological polar surface area (TPSA) is 185 Å². The van der Waals surface area contributed by atoms with Gasteiger partial charge in [0.05, 0.1) is 13.0 Å². The molecule has 3 unspecified atom stereocenters. The van der Waals surface area contributed by atoms with E-state index in [4.69, 9.17) is 11.5 Å². The van der Waals surface area contributed by atoms with Gasteiger partial charge in [0.15, 0.2) is 0 Å². The molecular formula is C16H27N5O6S. The molecule has 0 saturated carbocycles. The first-order valence-electron chi connectivity index (χ1n) is 8.81. The van der Waals surface area contributed by atoms with Gasteiger partial charge < -0.3 is 32.1 Å². The largest absolute Gasteiger partial charge is 0.480 e. The molecular weight excluding hydrogens is 390 g/mol. The van der Waals surface area contributed by atoms with E-state index < -0.39 is 54.1 Å². The maximum Gasteiger partial charge on any atom is 0.326 e. The normalized spacial score (nSPS) is 18.2. The first-order chi connectivity index (χ1) is 13.2. The number of carboxylic acids is 1. The number of carboxylic acid groups (broad SMARTS) is 1. The van der Waals surface area contributed by atoms with Crippen molar-refractivity contribution in [3.63, 3.8) is 0 Å².